The standard InChI is InChI=1S/C22H30N2/c1-17(2)22-16-23(21-8-5-9-21)12-13-24(22)15-18-10-11-19-6-3-4-7-20(19)14-18/h3-4,6-7,10-11,14,17,21-22H,5,8-9,12-13,15-16H2,1-2H3. The third kappa shape index (κ3) is 3.22. The van der Waals surface area contributed by atoms with Gasteiger partial charge in [-0.25, -0.2) is 0 Å². The van der Waals surface area contributed by atoms with E-state index in [2.05, 4.69) is 66.1 Å². The van der Waals surface area contributed by atoms with E-state index in [1.54, 1.807) is 0 Å². The summed E-state index contributed by atoms with van der Waals surface area (Å²) < 4.78 is 0. The van der Waals surface area contributed by atoms with E-state index < -0.39 is 0 Å². The summed E-state index contributed by atoms with van der Waals surface area (Å²) in [5.41, 5.74) is 1.46. The van der Waals surface area contributed by atoms with Gasteiger partial charge >= 0.3 is 0 Å². The molecular weight excluding hydrogens is 292 g/mol. The lowest BCUT2D eigenvalue weighted by Crippen LogP contribution is -2.58. The Morgan fingerprint density at radius 2 is 1.79 bits per heavy atom. The molecule has 0 N–H and O–H groups in total. The first-order valence-electron chi connectivity index (χ1n) is 9.66. The zero-order valence-electron chi connectivity index (χ0n) is 15.1. The van der Waals surface area contributed by atoms with Gasteiger partial charge in [0.15, 0.2) is 0 Å². The first kappa shape index (κ1) is 16.1. The molecule has 1 atom stereocenters. The number of benzene rings is 2. The van der Waals surface area contributed by atoms with Crippen LogP contribution in [0.25, 0.3) is 10.8 Å². The van der Waals surface area contributed by atoms with Crippen LogP contribution in [0.2, 0.25) is 0 Å². The van der Waals surface area contributed by atoms with Crippen molar-refractivity contribution in [3.63, 3.8) is 0 Å². The van der Waals surface area contributed by atoms with Crippen molar-refractivity contribution in [2.24, 2.45) is 5.92 Å². The summed E-state index contributed by atoms with van der Waals surface area (Å²) in [7, 11) is 0. The van der Waals surface area contributed by atoms with Crippen molar-refractivity contribution in [2.45, 2.75) is 51.7 Å². The molecule has 1 unspecified atom stereocenters. The fourth-order valence-electron chi connectivity index (χ4n) is 4.35. The molecule has 0 aromatic heterocycles. The number of piperazine rings is 1. The predicted octanol–water partition coefficient (Wildman–Crippen LogP) is 4.53. The Balaban J connectivity index is 1.49. The van der Waals surface area contributed by atoms with E-state index in [1.807, 2.05) is 0 Å². The number of rotatable bonds is 4. The maximum atomic E-state index is 2.77. The highest BCUT2D eigenvalue weighted by Gasteiger charge is 2.34. The van der Waals surface area contributed by atoms with Crippen molar-refractivity contribution < 1.29 is 0 Å². The zero-order valence-corrected chi connectivity index (χ0v) is 15.1. The largest absolute Gasteiger partial charge is 0.298 e. The minimum Gasteiger partial charge on any atom is -0.298 e. The summed E-state index contributed by atoms with van der Waals surface area (Å²) in [5, 5.41) is 2.71. The Kier molecular flexibility index (Phi) is 4.60. The van der Waals surface area contributed by atoms with Crippen LogP contribution in [-0.4, -0.2) is 41.5 Å². The molecule has 0 amide bonds. The summed E-state index contributed by atoms with van der Waals surface area (Å²) in [6.07, 6.45) is 4.29. The zero-order chi connectivity index (χ0) is 16.5. The third-order valence-electron chi connectivity index (χ3n) is 6.13. The lowest BCUT2D eigenvalue weighted by atomic mass is 9.89. The Morgan fingerprint density at radius 3 is 2.50 bits per heavy atom. The summed E-state index contributed by atoms with van der Waals surface area (Å²) in [4.78, 5) is 5.50. The summed E-state index contributed by atoms with van der Waals surface area (Å²) in [6, 6.07) is 17.2. The van der Waals surface area contributed by atoms with Crippen LogP contribution in [-0.2, 0) is 6.54 Å². The van der Waals surface area contributed by atoms with Crippen LogP contribution >= 0.6 is 0 Å². The van der Waals surface area contributed by atoms with E-state index in [-0.39, 0.29) is 0 Å². The second-order valence-corrected chi connectivity index (χ2v) is 8.04. The maximum Gasteiger partial charge on any atom is 0.0250 e. The van der Waals surface area contributed by atoms with Crippen molar-refractivity contribution in [1.29, 1.82) is 0 Å². The lowest BCUT2D eigenvalue weighted by molar-refractivity contribution is 0.00323. The van der Waals surface area contributed by atoms with Gasteiger partial charge in [0.05, 0.1) is 0 Å². The molecule has 128 valence electrons. The van der Waals surface area contributed by atoms with Gasteiger partial charge in [-0.1, -0.05) is 56.7 Å². The van der Waals surface area contributed by atoms with E-state index in [1.165, 1.54) is 55.2 Å². The molecule has 2 nitrogen and oxygen atoms in total. The Hall–Kier alpha value is -1.38. The highest BCUT2D eigenvalue weighted by Crippen LogP contribution is 2.29. The molecule has 1 aliphatic carbocycles. The van der Waals surface area contributed by atoms with E-state index >= 15 is 0 Å². The van der Waals surface area contributed by atoms with Crippen molar-refractivity contribution in [2.75, 3.05) is 19.6 Å². The van der Waals surface area contributed by atoms with Crippen LogP contribution in [0.1, 0.15) is 38.7 Å². The van der Waals surface area contributed by atoms with Crippen molar-refractivity contribution in [3.8, 4) is 0 Å². The number of fused-ring (bicyclic) bond motifs is 1. The van der Waals surface area contributed by atoms with Gasteiger partial charge in [0.1, 0.15) is 0 Å². The van der Waals surface area contributed by atoms with Gasteiger partial charge in [-0.2, -0.15) is 0 Å². The van der Waals surface area contributed by atoms with Crippen LogP contribution in [0.5, 0.6) is 0 Å². The predicted molar refractivity (Wildman–Crippen MR) is 102 cm³/mol. The molecule has 2 aromatic rings. The van der Waals surface area contributed by atoms with Crippen LogP contribution in [0, 0.1) is 5.92 Å². The first-order valence-corrected chi connectivity index (χ1v) is 9.66. The smallest absolute Gasteiger partial charge is 0.0250 e. The van der Waals surface area contributed by atoms with E-state index in [9.17, 15) is 0 Å². The van der Waals surface area contributed by atoms with Gasteiger partial charge in [0, 0.05) is 38.3 Å². The lowest BCUT2D eigenvalue weighted by Gasteiger charge is -2.48. The van der Waals surface area contributed by atoms with Gasteiger partial charge in [-0.05, 0) is 41.2 Å². The molecule has 24 heavy (non-hydrogen) atoms. The molecule has 0 spiro atoms. The van der Waals surface area contributed by atoms with E-state index in [0.29, 0.717) is 12.0 Å². The molecule has 1 aliphatic heterocycles. The summed E-state index contributed by atoms with van der Waals surface area (Å²) >= 11 is 0. The SMILES string of the molecule is CC(C)C1CN(C2CCC2)CCN1Cc1ccc2ccccc2c1. The second-order valence-electron chi connectivity index (χ2n) is 8.04. The van der Waals surface area contributed by atoms with Gasteiger partial charge in [0.2, 0.25) is 0 Å². The molecule has 1 saturated heterocycles. The molecular formula is C22H30N2. The number of hydrogen-bond donors (Lipinski definition) is 0. The number of nitrogens with zero attached hydrogens (tertiary/aromatic N) is 2. The van der Waals surface area contributed by atoms with Crippen LogP contribution in [0.3, 0.4) is 0 Å². The van der Waals surface area contributed by atoms with Gasteiger partial charge in [-0.3, -0.25) is 9.80 Å². The average Bonchev–Trinajstić information content (AvgIpc) is 2.54. The fraction of sp³-hybridized carbons (Fsp3) is 0.545. The van der Waals surface area contributed by atoms with Crippen LogP contribution in [0.15, 0.2) is 42.5 Å². The topological polar surface area (TPSA) is 6.48 Å². The highest BCUT2D eigenvalue weighted by molar-refractivity contribution is 5.82. The Bertz CT molecular complexity index is 689. The second kappa shape index (κ2) is 6.85. The molecule has 0 radical (unpaired) electrons. The third-order valence-corrected chi connectivity index (χ3v) is 6.13. The van der Waals surface area contributed by atoms with Crippen molar-refractivity contribution in [3.05, 3.63) is 48.0 Å². The minimum absolute atomic E-state index is 0.686. The van der Waals surface area contributed by atoms with Crippen LogP contribution < -0.4 is 0 Å². The Labute approximate surface area is 146 Å². The van der Waals surface area contributed by atoms with Gasteiger partial charge < -0.3 is 0 Å². The minimum atomic E-state index is 0.686. The molecule has 2 heteroatoms. The van der Waals surface area contributed by atoms with Crippen molar-refractivity contribution >= 4 is 10.8 Å². The molecule has 2 aliphatic rings. The van der Waals surface area contributed by atoms with E-state index in [4.69, 9.17) is 0 Å². The maximum absolute atomic E-state index is 2.77. The molecule has 1 heterocycles. The van der Waals surface area contributed by atoms with Gasteiger partial charge in [0.25, 0.3) is 0 Å². The average molecular weight is 322 g/mol. The molecule has 2 aromatic carbocycles. The molecule has 2 fully saturated rings. The Morgan fingerprint density at radius 1 is 1.00 bits per heavy atom. The van der Waals surface area contributed by atoms with E-state index in [0.717, 1.165) is 12.6 Å². The highest BCUT2D eigenvalue weighted by atomic mass is 15.3. The molecule has 1 saturated carbocycles. The van der Waals surface area contributed by atoms with Gasteiger partial charge in [-0.15, -0.1) is 0 Å². The normalized spacial score (nSPS) is 23.7. The fourth-order valence-corrected chi connectivity index (χ4v) is 4.35. The molecule has 4 rings (SSSR count). The number of hydrogen-bond acceptors (Lipinski definition) is 2. The van der Waals surface area contributed by atoms with Crippen LogP contribution in [0.4, 0.5) is 0 Å². The molecule has 0 bridgehead atoms. The van der Waals surface area contributed by atoms with Crippen molar-refractivity contribution in [1.82, 2.24) is 9.80 Å². The summed E-state index contributed by atoms with van der Waals surface area (Å²) in [6.45, 7) is 9.60. The quantitative estimate of drug-likeness (QED) is 0.816. The monoisotopic (exact) mass is 322 g/mol. The first-order chi connectivity index (χ1) is 11.7. The summed E-state index contributed by atoms with van der Waals surface area (Å²) in [5.74, 6) is 0.716.